The van der Waals surface area contributed by atoms with Gasteiger partial charge in [0.1, 0.15) is 6.04 Å². The van der Waals surface area contributed by atoms with Crippen molar-refractivity contribution in [1.29, 1.82) is 0 Å². The number of carboxylic acids is 2. The van der Waals surface area contributed by atoms with Gasteiger partial charge < -0.3 is 20.8 Å². The summed E-state index contributed by atoms with van der Waals surface area (Å²) in [5.41, 5.74) is 0.0413. The van der Waals surface area contributed by atoms with E-state index < -0.39 is 24.0 Å². The second-order valence-corrected chi connectivity index (χ2v) is 4.97. The van der Waals surface area contributed by atoms with Crippen molar-refractivity contribution in [3.63, 3.8) is 0 Å². The molecule has 7 heteroatoms. The van der Waals surface area contributed by atoms with Gasteiger partial charge in [0.2, 0.25) is 0 Å². The lowest BCUT2D eigenvalue weighted by Crippen LogP contribution is -2.43. The number of urea groups is 1. The average Bonchev–Trinajstić information content (AvgIpc) is 2.37. The van der Waals surface area contributed by atoms with Crippen molar-refractivity contribution < 1.29 is 24.6 Å². The van der Waals surface area contributed by atoms with E-state index in [0.29, 0.717) is 0 Å². The number of carbonyl (C=O) groups excluding carboxylic acids is 1. The number of para-hydroxylation sites is 1. The number of amides is 2. The fourth-order valence-electron chi connectivity index (χ4n) is 1.79. The van der Waals surface area contributed by atoms with Crippen molar-refractivity contribution >= 4 is 23.7 Å². The van der Waals surface area contributed by atoms with Crippen LogP contribution in [-0.4, -0.2) is 34.2 Å². The molecule has 114 valence electrons. The predicted octanol–water partition coefficient (Wildman–Crippen LogP) is 2.01. The van der Waals surface area contributed by atoms with Crippen LogP contribution >= 0.6 is 0 Å². The third kappa shape index (κ3) is 5.13. The number of nitrogens with one attached hydrogen (secondary N) is 2. The Morgan fingerprint density at radius 2 is 1.76 bits per heavy atom. The van der Waals surface area contributed by atoms with Crippen molar-refractivity contribution in [2.24, 2.45) is 5.92 Å². The van der Waals surface area contributed by atoms with E-state index in [2.05, 4.69) is 10.6 Å². The number of hydrogen-bond donors (Lipinski definition) is 4. The molecular formula is C14H18N2O5. The number of rotatable bonds is 6. The second kappa shape index (κ2) is 7.28. The van der Waals surface area contributed by atoms with Crippen molar-refractivity contribution in [2.45, 2.75) is 26.3 Å². The van der Waals surface area contributed by atoms with Gasteiger partial charge >= 0.3 is 18.0 Å². The van der Waals surface area contributed by atoms with Gasteiger partial charge in [-0.05, 0) is 24.5 Å². The van der Waals surface area contributed by atoms with E-state index in [1.54, 1.807) is 6.07 Å². The smallest absolute Gasteiger partial charge is 0.337 e. The largest absolute Gasteiger partial charge is 0.480 e. The molecule has 1 rings (SSSR count). The lowest BCUT2D eigenvalue weighted by atomic mass is 10.0. The number of aliphatic carboxylic acids is 1. The summed E-state index contributed by atoms with van der Waals surface area (Å²) in [4.78, 5) is 33.9. The molecule has 1 unspecified atom stereocenters. The molecule has 0 bridgehead atoms. The van der Waals surface area contributed by atoms with Crippen LogP contribution in [0.25, 0.3) is 0 Å². The zero-order chi connectivity index (χ0) is 16.0. The molecule has 0 aliphatic heterocycles. The van der Waals surface area contributed by atoms with Gasteiger partial charge in [0.25, 0.3) is 0 Å². The molecular weight excluding hydrogens is 276 g/mol. The van der Waals surface area contributed by atoms with E-state index in [1.807, 2.05) is 13.8 Å². The van der Waals surface area contributed by atoms with Gasteiger partial charge in [0.15, 0.2) is 0 Å². The first-order valence-corrected chi connectivity index (χ1v) is 6.44. The summed E-state index contributed by atoms with van der Waals surface area (Å²) in [7, 11) is 0. The highest BCUT2D eigenvalue weighted by molar-refractivity contribution is 6.00. The van der Waals surface area contributed by atoms with Gasteiger partial charge in [-0.15, -0.1) is 0 Å². The van der Waals surface area contributed by atoms with Crippen LogP contribution in [-0.2, 0) is 4.79 Å². The molecule has 0 fully saturated rings. The summed E-state index contributed by atoms with van der Waals surface area (Å²) in [6.07, 6.45) is 0.281. The Morgan fingerprint density at radius 1 is 1.14 bits per heavy atom. The number of carbonyl (C=O) groups is 3. The molecule has 0 spiro atoms. The van der Waals surface area contributed by atoms with Crippen molar-refractivity contribution in [2.75, 3.05) is 5.32 Å². The first-order chi connectivity index (χ1) is 9.81. The maximum atomic E-state index is 11.8. The normalized spacial score (nSPS) is 11.8. The SMILES string of the molecule is CC(C)CC(NC(=O)Nc1ccccc1C(=O)O)C(=O)O. The molecule has 7 nitrogen and oxygen atoms in total. The monoisotopic (exact) mass is 294 g/mol. The summed E-state index contributed by atoms with van der Waals surface area (Å²) < 4.78 is 0. The van der Waals surface area contributed by atoms with Crippen LogP contribution in [0.4, 0.5) is 10.5 Å². The molecule has 21 heavy (non-hydrogen) atoms. The third-order valence-corrected chi connectivity index (χ3v) is 2.72. The third-order valence-electron chi connectivity index (χ3n) is 2.72. The summed E-state index contributed by atoms with van der Waals surface area (Å²) in [5, 5.41) is 22.7. The minimum absolute atomic E-state index is 0.0663. The lowest BCUT2D eigenvalue weighted by molar-refractivity contribution is -0.139. The summed E-state index contributed by atoms with van der Waals surface area (Å²) in [5.74, 6) is -2.22. The fourth-order valence-corrected chi connectivity index (χ4v) is 1.79. The minimum Gasteiger partial charge on any atom is -0.480 e. The molecule has 0 aliphatic rings. The number of anilines is 1. The topological polar surface area (TPSA) is 116 Å². The molecule has 0 aliphatic carbocycles. The Balaban J connectivity index is 2.77. The van der Waals surface area contributed by atoms with Gasteiger partial charge in [-0.1, -0.05) is 26.0 Å². The molecule has 0 heterocycles. The molecule has 1 aromatic carbocycles. The maximum Gasteiger partial charge on any atom is 0.337 e. The van der Waals surface area contributed by atoms with E-state index in [0.717, 1.165) is 0 Å². The maximum absolute atomic E-state index is 11.8. The highest BCUT2D eigenvalue weighted by Crippen LogP contribution is 2.15. The molecule has 0 aromatic heterocycles. The Labute approximate surface area is 122 Å². The van der Waals surface area contributed by atoms with Crippen molar-refractivity contribution in [3.05, 3.63) is 29.8 Å². The first kappa shape index (κ1) is 16.5. The van der Waals surface area contributed by atoms with E-state index in [-0.39, 0.29) is 23.6 Å². The Bertz CT molecular complexity index is 542. The molecule has 2 amide bonds. The molecule has 0 saturated carbocycles. The highest BCUT2D eigenvalue weighted by Gasteiger charge is 2.21. The number of carboxylic acid groups (broad SMARTS) is 2. The lowest BCUT2D eigenvalue weighted by Gasteiger charge is -2.17. The van der Waals surface area contributed by atoms with Gasteiger partial charge in [-0.3, -0.25) is 0 Å². The highest BCUT2D eigenvalue weighted by atomic mass is 16.4. The van der Waals surface area contributed by atoms with Gasteiger partial charge in [0.05, 0.1) is 11.3 Å². The van der Waals surface area contributed by atoms with Crippen LogP contribution < -0.4 is 10.6 Å². The average molecular weight is 294 g/mol. The minimum atomic E-state index is -1.18. The number of hydrogen-bond acceptors (Lipinski definition) is 3. The van der Waals surface area contributed by atoms with Crippen LogP contribution in [0.2, 0.25) is 0 Å². The molecule has 0 saturated heterocycles. The van der Waals surface area contributed by atoms with E-state index in [4.69, 9.17) is 10.2 Å². The molecule has 4 N–H and O–H groups in total. The summed E-state index contributed by atoms with van der Waals surface area (Å²) >= 11 is 0. The molecule has 0 radical (unpaired) electrons. The molecule has 1 atom stereocenters. The summed E-state index contributed by atoms with van der Waals surface area (Å²) in [6.45, 7) is 3.69. The number of benzene rings is 1. The Morgan fingerprint density at radius 3 is 2.29 bits per heavy atom. The van der Waals surface area contributed by atoms with Crippen LogP contribution in [0.1, 0.15) is 30.6 Å². The first-order valence-electron chi connectivity index (χ1n) is 6.44. The van der Waals surface area contributed by atoms with Crippen LogP contribution in [0.3, 0.4) is 0 Å². The van der Waals surface area contributed by atoms with E-state index in [9.17, 15) is 14.4 Å². The number of aromatic carboxylic acids is 1. The predicted molar refractivity (Wildman–Crippen MR) is 76.4 cm³/mol. The van der Waals surface area contributed by atoms with Crippen molar-refractivity contribution in [1.82, 2.24) is 5.32 Å². The van der Waals surface area contributed by atoms with Crippen molar-refractivity contribution in [3.8, 4) is 0 Å². The zero-order valence-electron chi connectivity index (χ0n) is 11.8. The van der Waals surface area contributed by atoms with Crippen LogP contribution in [0.5, 0.6) is 0 Å². The fraction of sp³-hybridized carbons (Fsp3) is 0.357. The standard InChI is InChI=1S/C14H18N2O5/c1-8(2)7-11(13(19)20)16-14(21)15-10-6-4-3-5-9(10)12(17)18/h3-6,8,11H,7H2,1-2H3,(H,17,18)(H,19,20)(H2,15,16,21). The Hall–Kier alpha value is -2.57. The van der Waals surface area contributed by atoms with Crippen LogP contribution in [0, 0.1) is 5.92 Å². The second-order valence-electron chi connectivity index (χ2n) is 4.97. The van der Waals surface area contributed by atoms with Gasteiger partial charge in [0, 0.05) is 0 Å². The van der Waals surface area contributed by atoms with E-state index >= 15 is 0 Å². The quantitative estimate of drug-likeness (QED) is 0.640. The zero-order valence-corrected chi connectivity index (χ0v) is 11.8. The Kier molecular flexibility index (Phi) is 5.71. The van der Waals surface area contributed by atoms with E-state index in [1.165, 1.54) is 18.2 Å². The molecule has 1 aromatic rings. The van der Waals surface area contributed by atoms with Crippen LogP contribution in [0.15, 0.2) is 24.3 Å². The summed E-state index contributed by atoms with van der Waals surface area (Å²) in [6, 6.07) is 4.11. The van der Waals surface area contributed by atoms with Gasteiger partial charge in [-0.25, -0.2) is 14.4 Å². The van der Waals surface area contributed by atoms with Gasteiger partial charge in [-0.2, -0.15) is 0 Å².